The number of benzene rings is 4. The van der Waals surface area contributed by atoms with Crippen LogP contribution < -0.4 is 4.74 Å². The molecule has 4 aromatic carbocycles. The molecule has 3 heterocycles. The molecular weight excluding hydrogens is 531 g/mol. The second kappa shape index (κ2) is 9.22. The van der Waals surface area contributed by atoms with Gasteiger partial charge in [-0.3, -0.25) is 0 Å². The number of hydrogen-bond acceptors (Lipinski definition) is 4. The number of aromatic nitrogens is 1. The summed E-state index contributed by atoms with van der Waals surface area (Å²) in [4.78, 5) is 0. The topological polar surface area (TPSA) is 56.4 Å². The lowest BCUT2D eigenvalue weighted by Gasteiger charge is -2.32. The molecule has 6 heteroatoms. The van der Waals surface area contributed by atoms with Crippen molar-refractivity contribution in [1.29, 1.82) is 5.26 Å². The third-order valence-corrected chi connectivity index (χ3v) is 9.58. The molecule has 43 heavy (non-hydrogen) atoms. The molecule has 2 atom stereocenters. The van der Waals surface area contributed by atoms with E-state index in [4.69, 9.17) is 14.0 Å². The van der Waals surface area contributed by atoms with Crippen molar-refractivity contribution in [3.8, 4) is 28.6 Å². The highest BCUT2D eigenvalue weighted by Gasteiger charge is 2.52. The Labute approximate surface area is 251 Å². The van der Waals surface area contributed by atoms with Gasteiger partial charge in [-0.25, -0.2) is 0 Å². The molecule has 0 radical (unpaired) electrons. The highest BCUT2D eigenvalue weighted by atomic mass is 16.7. The first-order valence-electron chi connectivity index (χ1n) is 14.8. The van der Waals surface area contributed by atoms with E-state index >= 15 is 0 Å². The Morgan fingerprint density at radius 3 is 2.14 bits per heavy atom. The summed E-state index contributed by atoms with van der Waals surface area (Å²) in [5.74, 6) is 0.929. The molecule has 5 nitrogen and oxygen atoms in total. The van der Waals surface area contributed by atoms with E-state index in [2.05, 4.69) is 129 Å². The number of allylic oxidation sites excluding steroid dienone is 2. The number of fused-ring (bicyclic) bond motifs is 6. The van der Waals surface area contributed by atoms with E-state index in [9.17, 15) is 5.26 Å². The predicted molar refractivity (Wildman–Crippen MR) is 171 cm³/mol. The van der Waals surface area contributed by atoms with E-state index in [1.54, 1.807) is 0 Å². The molecular formula is C37H31BN2O3. The molecule has 210 valence electrons. The van der Waals surface area contributed by atoms with Gasteiger partial charge in [0, 0.05) is 27.9 Å². The molecule has 5 aromatic rings. The van der Waals surface area contributed by atoms with Gasteiger partial charge in [0.15, 0.2) is 0 Å². The smallest absolute Gasteiger partial charge is 0.485 e. The lowest BCUT2D eigenvalue weighted by atomic mass is 9.72. The maximum Gasteiger partial charge on any atom is 0.494 e. The van der Waals surface area contributed by atoms with Crippen LogP contribution in [0.5, 0.6) is 5.75 Å². The van der Waals surface area contributed by atoms with Gasteiger partial charge in [-0.05, 0) is 92.8 Å². The monoisotopic (exact) mass is 562 g/mol. The minimum atomic E-state index is -0.421. The van der Waals surface area contributed by atoms with E-state index in [-0.39, 0.29) is 12.0 Å². The lowest BCUT2D eigenvalue weighted by molar-refractivity contribution is 0.00578. The summed E-state index contributed by atoms with van der Waals surface area (Å²) in [7, 11) is -0.421. The van der Waals surface area contributed by atoms with Crippen LogP contribution in [0.15, 0.2) is 109 Å². The van der Waals surface area contributed by atoms with Gasteiger partial charge < -0.3 is 18.6 Å². The fourth-order valence-corrected chi connectivity index (χ4v) is 6.61. The fraction of sp³-hybridized carbons (Fsp3) is 0.216. The number of ether oxygens (including phenoxy) is 1. The zero-order valence-corrected chi connectivity index (χ0v) is 24.7. The number of hydrogen-bond donors (Lipinski definition) is 0. The predicted octanol–water partition coefficient (Wildman–Crippen LogP) is 8.29. The summed E-state index contributed by atoms with van der Waals surface area (Å²) in [5, 5.41) is 12.4. The average Bonchev–Trinajstić information content (AvgIpc) is 3.62. The van der Waals surface area contributed by atoms with Crippen LogP contribution >= 0.6 is 0 Å². The molecule has 0 saturated carbocycles. The zero-order chi connectivity index (χ0) is 29.5. The summed E-state index contributed by atoms with van der Waals surface area (Å²) < 4.78 is 21.3. The van der Waals surface area contributed by atoms with Crippen molar-refractivity contribution in [1.82, 2.24) is 4.57 Å². The lowest BCUT2D eigenvalue weighted by Crippen LogP contribution is -2.41. The minimum Gasteiger partial charge on any atom is -0.485 e. The SMILES string of the molecule is CC1(C)OB(C2=CC3c4cc(-c5cc(C#N)cc(-n6c7ccccc7c7ccccc76)c5)ccc4OC3C=C2)OC1(C)C. The van der Waals surface area contributed by atoms with Crippen LogP contribution in [-0.4, -0.2) is 29.0 Å². The van der Waals surface area contributed by atoms with Crippen molar-refractivity contribution in [3.63, 3.8) is 0 Å². The molecule has 2 aliphatic heterocycles. The first-order chi connectivity index (χ1) is 20.7. The van der Waals surface area contributed by atoms with E-state index in [1.165, 1.54) is 10.8 Å². The van der Waals surface area contributed by atoms with Gasteiger partial charge in [0.1, 0.15) is 11.9 Å². The van der Waals surface area contributed by atoms with Crippen molar-refractivity contribution in [3.05, 3.63) is 120 Å². The Morgan fingerprint density at radius 1 is 0.791 bits per heavy atom. The van der Waals surface area contributed by atoms with Gasteiger partial charge >= 0.3 is 7.12 Å². The van der Waals surface area contributed by atoms with Crippen molar-refractivity contribution >= 4 is 28.9 Å². The fourth-order valence-electron chi connectivity index (χ4n) is 6.61. The Hall–Kier alpha value is -4.57. The minimum absolute atomic E-state index is 0.0462. The second-order valence-corrected chi connectivity index (χ2v) is 12.7. The number of nitrogens with zero attached hydrogens (tertiary/aromatic N) is 2. The second-order valence-electron chi connectivity index (χ2n) is 12.7. The number of rotatable bonds is 3. The van der Waals surface area contributed by atoms with Crippen LogP contribution in [0, 0.1) is 11.3 Å². The maximum atomic E-state index is 10.1. The van der Waals surface area contributed by atoms with Crippen LogP contribution in [0.3, 0.4) is 0 Å². The average molecular weight is 562 g/mol. The Bertz CT molecular complexity index is 1990. The summed E-state index contributed by atoms with van der Waals surface area (Å²) >= 11 is 0. The molecule has 0 bridgehead atoms. The van der Waals surface area contributed by atoms with Crippen LogP contribution in [0.25, 0.3) is 38.6 Å². The van der Waals surface area contributed by atoms with E-state index in [0.29, 0.717) is 5.56 Å². The summed E-state index contributed by atoms with van der Waals surface area (Å²) in [6.45, 7) is 8.30. The number of para-hydroxylation sites is 2. The first-order valence-corrected chi connectivity index (χ1v) is 14.8. The molecule has 8 rings (SSSR count). The van der Waals surface area contributed by atoms with E-state index < -0.39 is 18.3 Å². The van der Waals surface area contributed by atoms with Crippen LogP contribution in [0.1, 0.15) is 44.7 Å². The Balaban J connectivity index is 1.21. The first kappa shape index (κ1) is 26.1. The van der Waals surface area contributed by atoms with Gasteiger partial charge in [-0.15, -0.1) is 0 Å². The van der Waals surface area contributed by atoms with Crippen LogP contribution in [0.4, 0.5) is 0 Å². The van der Waals surface area contributed by atoms with Gasteiger partial charge in [0.25, 0.3) is 0 Å². The normalized spacial score (nSPS) is 21.4. The van der Waals surface area contributed by atoms with Gasteiger partial charge in [-0.2, -0.15) is 5.26 Å². The van der Waals surface area contributed by atoms with Crippen LogP contribution in [-0.2, 0) is 9.31 Å². The molecule has 1 saturated heterocycles. The standard InChI is InChI=1S/C37H31BN2O3/c1-36(2)37(3,4)43-38(42-36)26-14-16-35-31(21-26)30-20-24(13-15-34(30)41-35)25-17-23(22-39)18-27(19-25)40-32-11-7-5-9-28(32)29-10-6-8-12-33(29)40/h5-21,31,35H,1-4H3. The van der Waals surface area contributed by atoms with Gasteiger partial charge in [0.2, 0.25) is 0 Å². The van der Waals surface area contributed by atoms with Crippen molar-refractivity contribution in [2.45, 2.75) is 50.9 Å². The van der Waals surface area contributed by atoms with Crippen LogP contribution in [0.2, 0.25) is 0 Å². The molecule has 0 N–H and O–H groups in total. The van der Waals surface area contributed by atoms with E-state index in [0.717, 1.165) is 44.6 Å². The Kier molecular flexibility index (Phi) is 5.59. The van der Waals surface area contributed by atoms with E-state index in [1.807, 2.05) is 12.1 Å². The summed E-state index contributed by atoms with van der Waals surface area (Å²) in [6, 6.07) is 31.7. The third kappa shape index (κ3) is 4.00. The zero-order valence-electron chi connectivity index (χ0n) is 24.7. The van der Waals surface area contributed by atoms with Crippen molar-refractivity contribution < 1.29 is 14.0 Å². The molecule has 1 aromatic heterocycles. The quantitative estimate of drug-likeness (QED) is 0.208. The van der Waals surface area contributed by atoms with Gasteiger partial charge in [0.05, 0.1) is 33.9 Å². The molecule has 3 aliphatic rings. The highest BCUT2D eigenvalue weighted by molar-refractivity contribution is 6.55. The summed E-state index contributed by atoms with van der Waals surface area (Å²) in [6.07, 6.45) is 6.35. The van der Waals surface area contributed by atoms with Gasteiger partial charge in [-0.1, -0.05) is 54.6 Å². The molecule has 2 unspecified atom stereocenters. The largest absolute Gasteiger partial charge is 0.494 e. The molecule has 0 spiro atoms. The molecule has 1 fully saturated rings. The Morgan fingerprint density at radius 2 is 1.47 bits per heavy atom. The van der Waals surface area contributed by atoms with Crippen molar-refractivity contribution in [2.24, 2.45) is 0 Å². The van der Waals surface area contributed by atoms with Crippen molar-refractivity contribution in [2.75, 3.05) is 0 Å². The molecule has 0 amide bonds. The maximum absolute atomic E-state index is 10.1. The number of nitriles is 1. The third-order valence-electron chi connectivity index (χ3n) is 9.58. The molecule has 1 aliphatic carbocycles. The summed E-state index contributed by atoms with van der Waals surface area (Å²) in [5.41, 5.74) is 7.18. The highest BCUT2D eigenvalue weighted by Crippen LogP contribution is 2.46.